The van der Waals surface area contributed by atoms with Crippen LogP contribution in [0.25, 0.3) is 98.6 Å². The van der Waals surface area contributed by atoms with Crippen LogP contribution < -0.4 is 0 Å². The van der Waals surface area contributed by atoms with Crippen molar-refractivity contribution in [2.45, 2.75) is 112 Å². The van der Waals surface area contributed by atoms with E-state index >= 15 is 0 Å². The van der Waals surface area contributed by atoms with Crippen LogP contribution >= 0.6 is 0 Å². The number of nitrogens with zero attached hydrogens (tertiary/aromatic N) is 4. The Morgan fingerprint density at radius 3 is 0.901 bits per heavy atom. The Hall–Kier alpha value is -8.60. The number of benzene rings is 10. The first-order valence-corrected chi connectivity index (χ1v) is 29.3. The number of aromatic nitrogens is 4. The monoisotopic (exact) mass is 1050 g/mol. The Labute approximate surface area is 476 Å². The van der Waals surface area contributed by atoms with E-state index in [9.17, 15) is 0 Å². The molecular formula is C77H72N4. The maximum absolute atomic E-state index is 2.48. The van der Waals surface area contributed by atoms with Gasteiger partial charge < -0.3 is 18.3 Å². The summed E-state index contributed by atoms with van der Waals surface area (Å²) in [7, 11) is 0. The van der Waals surface area contributed by atoms with E-state index in [-0.39, 0.29) is 16.2 Å². The number of aryl methyl sites for hydroxylation is 6. The highest BCUT2D eigenvalue weighted by Crippen LogP contribution is 2.44. The highest BCUT2D eigenvalue weighted by atomic mass is 15.0. The smallest absolute Gasteiger partial charge is 0.0541 e. The molecule has 0 saturated carbocycles. The zero-order chi connectivity index (χ0) is 56.0. The van der Waals surface area contributed by atoms with Crippen LogP contribution in [0.1, 0.15) is 111 Å². The molecule has 0 fully saturated rings. The first-order chi connectivity index (χ1) is 38.9. The summed E-state index contributed by atoms with van der Waals surface area (Å²) in [6.07, 6.45) is 0. The van der Waals surface area contributed by atoms with Gasteiger partial charge in [0, 0.05) is 106 Å². The highest BCUT2D eigenvalue weighted by molar-refractivity contribution is 6.12. The molecule has 400 valence electrons. The lowest BCUT2D eigenvalue weighted by molar-refractivity contribution is 0.640. The molecule has 0 aliphatic rings. The fourth-order valence-corrected chi connectivity index (χ4v) is 14.1. The van der Waals surface area contributed by atoms with Gasteiger partial charge >= 0.3 is 0 Å². The molecule has 81 heavy (non-hydrogen) atoms. The number of fused-ring (bicyclic) bond motifs is 12. The van der Waals surface area contributed by atoms with Crippen LogP contribution in [-0.4, -0.2) is 18.3 Å². The van der Waals surface area contributed by atoms with Gasteiger partial charge in [0.15, 0.2) is 0 Å². The zero-order valence-electron chi connectivity index (χ0n) is 49.2. The standard InChI is InChI=1S/C77H72N4/c1-13-78-68-33-16-48(4)40-61(68)64-43-53(24-36-69(64)78)76(9,10)54-25-37-72-65(44-54)62-41-49(5)17-34-70(62)80(72)57-27-19-51(20-28-57)75(7,8)52-21-29-58(30-22-52)81-71-35-18-50(6)42-63(71)66-45-55(26-38-73(66)81)77(11,12)56-23-31-59-60-39-47(3)15-32-67(60)79(14-2)74(59)46-56/h15-46H,13-14H2,1-12H3. The van der Waals surface area contributed by atoms with Crippen LogP contribution in [0.5, 0.6) is 0 Å². The van der Waals surface area contributed by atoms with Crippen LogP contribution in [0, 0.1) is 27.7 Å². The van der Waals surface area contributed by atoms with E-state index in [1.165, 1.54) is 154 Å². The van der Waals surface area contributed by atoms with Gasteiger partial charge in [-0.2, -0.15) is 0 Å². The molecule has 0 amide bonds. The summed E-state index contributed by atoms with van der Waals surface area (Å²) >= 11 is 0. The van der Waals surface area contributed by atoms with Crippen molar-refractivity contribution >= 4 is 87.2 Å². The van der Waals surface area contributed by atoms with Gasteiger partial charge in [-0.25, -0.2) is 0 Å². The van der Waals surface area contributed by atoms with Crippen molar-refractivity contribution in [2.75, 3.05) is 0 Å². The second kappa shape index (κ2) is 18.2. The molecule has 4 aromatic heterocycles. The van der Waals surface area contributed by atoms with Gasteiger partial charge in [-0.3, -0.25) is 0 Å². The van der Waals surface area contributed by atoms with E-state index < -0.39 is 0 Å². The SMILES string of the molecule is CCn1c2ccc(C)cc2c2cc(C(C)(C)c3ccc4c(c3)c3cc(C)ccc3n4-c3ccc(C(C)(C)c4ccc(-n5c6ccc(C)cc6c6cc(C(C)(C)c7ccc8c9cc(C)ccc9n(CC)c8c7)ccc65)cc4)cc3)ccc21. The first kappa shape index (κ1) is 50.6. The summed E-state index contributed by atoms with van der Waals surface area (Å²) in [4.78, 5) is 0. The number of hydrogen-bond donors (Lipinski definition) is 0. The lowest BCUT2D eigenvalue weighted by atomic mass is 9.77. The van der Waals surface area contributed by atoms with Crippen LogP contribution in [-0.2, 0) is 29.3 Å². The molecule has 0 unspecified atom stereocenters. The van der Waals surface area contributed by atoms with E-state index in [4.69, 9.17) is 0 Å². The average molecular weight is 1050 g/mol. The van der Waals surface area contributed by atoms with E-state index in [2.05, 4.69) is 295 Å². The molecule has 0 N–H and O–H groups in total. The third kappa shape index (κ3) is 7.69. The van der Waals surface area contributed by atoms with Crippen molar-refractivity contribution in [1.29, 1.82) is 0 Å². The fourth-order valence-electron chi connectivity index (χ4n) is 14.1. The predicted octanol–water partition coefficient (Wildman–Crippen LogP) is 20.3. The highest BCUT2D eigenvalue weighted by Gasteiger charge is 2.29. The van der Waals surface area contributed by atoms with Crippen molar-refractivity contribution in [2.24, 2.45) is 0 Å². The van der Waals surface area contributed by atoms with Crippen molar-refractivity contribution in [1.82, 2.24) is 18.3 Å². The largest absolute Gasteiger partial charge is 0.341 e. The van der Waals surface area contributed by atoms with Crippen LogP contribution in [0.4, 0.5) is 0 Å². The van der Waals surface area contributed by atoms with Gasteiger partial charge in [-0.15, -0.1) is 0 Å². The summed E-state index contributed by atoms with van der Waals surface area (Å²) in [5.41, 5.74) is 24.7. The lowest BCUT2D eigenvalue weighted by Gasteiger charge is -2.27. The maximum Gasteiger partial charge on any atom is 0.0541 e. The second-order valence-corrected chi connectivity index (χ2v) is 25.1. The summed E-state index contributed by atoms with van der Waals surface area (Å²) in [5, 5.41) is 10.5. The molecule has 0 saturated heterocycles. The Kier molecular flexibility index (Phi) is 11.4. The molecule has 0 spiro atoms. The molecule has 0 atom stereocenters. The Balaban J connectivity index is 0.779. The Morgan fingerprint density at radius 1 is 0.247 bits per heavy atom. The minimum atomic E-state index is -0.241. The van der Waals surface area contributed by atoms with Gasteiger partial charge in [-0.05, 0) is 190 Å². The molecular weight excluding hydrogens is 981 g/mol. The molecule has 0 bridgehead atoms. The van der Waals surface area contributed by atoms with Crippen molar-refractivity contribution in [3.05, 3.63) is 250 Å². The Bertz CT molecular complexity index is 4880. The van der Waals surface area contributed by atoms with Gasteiger partial charge in [0.25, 0.3) is 0 Å². The summed E-state index contributed by atoms with van der Waals surface area (Å²) in [6, 6.07) is 75.0. The van der Waals surface area contributed by atoms with Gasteiger partial charge in [0.1, 0.15) is 0 Å². The summed E-state index contributed by atoms with van der Waals surface area (Å²) in [6.45, 7) is 29.4. The minimum Gasteiger partial charge on any atom is -0.341 e. The number of hydrogen-bond acceptors (Lipinski definition) is 0. The third-order valence-electron chi connectivity index (χ3n) is 19.1. The van der Waals surface area contributed by atoms with Crippen molar-refractivity contribution < 1.29 is 0 Å². The van der Waals surface area contributed by atoms with Gasteiger partial charge in [0.2, 0.25) is 0 Å². The molecule has 4 heteroatoms. The average Bonchev–Trinajstić information content (AvgIpc) is 4.09. The van der Waals surface area contributed by atoms with Gasteiger partial charge in [0.05, 0.1) is 22.1 Å². The maximum atomic E-state index is 2.48. The van der Waals surface area contributed by atoms with E-state index in [0.29, 0.717) is 0 Å². The molecule has 4 heterocycles. The topological polar surface area (TPSA) is 19.7 Å². The molecule has 14 rings (SSSR count). The van der Waals surface area contributed by atoms with E-state index in [1.54, 1.807) is 0 Å². The summed E-state index contributed by atoms with van der Waals surface area (Å²) < 4.78 is 9.85. The molecule has 0 radical (unpaired) electrons. The Morgan fingerprint density at radius 2 is 0.506 bits per heavy atom. The van der Waals surface area contributed by atoms with Crippen LogP contribution in [0.3, 0.4) is 0 Å². The fraction of sp³-hybridized carbons (Fsp3) is 0.221. The zero-order valence-corrected chi connectivity index (χ0v) is 49.2. The third-order valence-corrected chi connectivity index (χ3v) is 19.1. The minimum absolute atomic E-state index is 0.226. The first-order valence-electron chi connectivity index (χ1n) is 29.3. The van der Waals surface area contributed by atoms with Gasteiger partial charge in [-0.1, -0.05) is 143 Å². The normalized spacial score (nSPS) is 12.8. The molecule has 4 nitrogen and oxygen atoms in total. The number of rotatable bonds is 10. The molecule has 0 aliphatic heterocycles. The summed E-state index contributed by atoms with van der Waals surface area (Å²) in [5.74, 6) is 0. The van der Waals surface area contributed by atoms with Crippen LogP contribution in [0.2, 0.25) is 0 Å². The lowest BCUT2D eigenvalue weighted by Crippen LogP contribution is -2.19. The molecule has 10 aromatic carbocycles. The molecule has 14 aromatic rings. The predicted molar refractivity (Wildman–Crippen MR) is 347 cm³/mol. The van der Waals surface area contributed by atoms with Crippen molar-refractivity contribution in [3.8, 4) is 11.4 Å². The quantitative estimate of drug-likeness (QED) is 0.130. The van der Waals surface area contributed by atoms with E-state index in [1.807, 2.05) is 0 Å². The second-order valence-electron chi connectivity index (χ2n) is 25.1. The van der Waals surface area contributed by atoms with E-state index in [0.717, 1.165) is 13.1 Å². The molecule has 0 aliphatic carbocycles. The van der Waals surface area contributed by atoms with Crippen LogP contribution in [0.15, 0.2) is 194 Å². The van der Waals surface area contributed by atoms with Crippen molar-refractivity contribution in [3.63, 3.8) is 0 Å².